The van der Waals surface area contributed by atoms with Crippen molar-refractivity contribution in [1.29, 1.82) is 0 Å². The van der Waals surface area contributed by atoms with E-state index in [1.165, 1.54) is 0 Å². The van der Waals surface area contributed by atoms with E-state index in [2.05, 4.69) is 12.2 Å². The first kappa shape index (κ1) is 17.9. The average molecular weight is 354 g/mol. The Bertz CT molecular complexity index is 647. The molecule has 2 aromatic carbocycles. The highest BCUT2D eigenvalue weighted by molar-refractivity contribution is 6.35. The molecule has 0 amide bonds. The Morgan fingerprint density at radius 1 is 1.04 bits per heavy atom. The maximum absolute atomic E-state index is 6.26. The molecule has 0 spiro atoms. The summed E-state index contributed by atoms with van der Waals surface area (Å²) < 4.78 is 11.1. The summed E-state index contributed by atoms with van der Waals surface area (Å²) in [5.41, 5.74) is 2.05. The molecule has 2 rings (SSSR count). The van der Waals surface area contributed by atoms with Gasteiger partial charge in [-0.15, -0.1) is 0 Å². The lowest BCUT2D eigenvalue weighted by molar-refractivity contribution is 0.313. The zero-order valence-corrected chi connectivity index (χ0v) is 14.9. The quantitative estimate of drug-likeness (QED) is 0.717. The number of nitrogens with one attached hydrogen (secondary N) is 1. The standard InChI is InChI=1S/C18H21Cl2NO2/c1-3-8-23-18-14(9-15(19)10-16(18)20)12-21-11-13-6-4-5-7-17(13)22-2/h4-7,9-10,21H,3,8,11-12H2,1-2H3. The van der Waals surface area contributed by atoms with Crippen molar-refractivity contribution in [3.05, 3.63) is 57.6 Å². The molecule has 124 valence electrons. The molecule has 0 fully saturated rings. The summed E-state index contributed by atoms with van der Waals surface area (Å²) in [6, 6.07) is 11.5. The SMILES string of the molecule is CCCOc1c(Cl)cc(Cl)cc1CNCc1ccccc1OC. The van der Waals surface area contributed by atoms with Gasteiger partial charge in [0.05, 0.1) is 18.7 Å². The van der Waals surface area contributed by atoms with Gasteiger partial charge < -0.3 is 14.8 Å². The van der Waals surface area contributed by atoms with Crippen LogP contribution in [0, 0.1) is 0 Å². The van der Waals surface area contributed by atoms with E-state index in [1.807, 2.05) is 30.3 Å². The van der Waals surface area contributed by atoms with E-state index in [1.54, 1.807) is 13.2 Å². The van der Waals surface area contributed by atoms with Crippen molar-refractivity contribution < 1.29 is 9.47 Å². The number of methoxy groups -OCH3 is 1. The van der Waals surface area contributed by atoms with E-state index in [9.17, 15) is 0 Å². The van der Waals surface area contributed by atoms with Gasteiger partial charge in [0, 0.05) is 29.2 Å². The van der Waals surface area contributed by atoms with Gasteiger partial charge in [-0.2, -0.15) is 0 Å². The molecule has 0 saturated heterocycles. The molecule has 0 unspecified atom stereocenters. The van der Waals surface area contributed by atoms with Gasteiger partial charge in [-0.1, -0.05) is 48.3 Å². The molecule has 0 radical (unpaired) electrons. The van der Waals surface area contributed by atoms with Gasteiger partial charge in [-0.3, -0.25) is 0 Å². The first-order valence-corrected chi connectivity index (χ1v) is 8.34. The van der Waals surface area contributed by atoms with Gasteiger partial charge in [0.2, 0.25) is 0 Å². The predicted molar refractivity (Wildman–Crippen MR) is 95.8 cm³/mol. The monoisotopic (exact) mass is 353 g/mol. The molecule has 23 heavy (non-hydrogen) atoms. The van der Waals surface area contributed by atoms with E-state index in [-0.39, 0.29) is 0 Å². The molecule has 3 nitrogen and oxygen atoms in total. The van der Waals surface area contributed by atoms with Crippen LogP contribution in [0.15, 0.2) is 36.4 Å². The lowest BCUT2D eigenvalue weighted by Gasteiger charge is -2.15. The van der Waals surface area contributed by atoms with E-state index in [4.69, 9.17) is 32.7 Å². The first-order valence-electron chi connectivity index (χ1n) is 7.59. The van der Waals surface area contributed by atoms with Crippen LogP contribution in [0.25, 0.3) is 0 Å². The summed E-state index contributed by atoms with van der Waals surface area (Å²) in [6.07, 6.45) is 0.924. The lowest BCUT2D eigenvalue weighted by Crippen LogP contribution is -2.14. The minimum Gasteiger partial charge on any atom is -0.496 e. The normalized spacial score (nSPS) is 10.6. The Balaban J connectivity index is 2.07. The summed E-state index contributed by atoms with van der Waals surface area (Å²) >= 11 is 12.4. The fraction of sp³-hybridized carbons (Fsp3) is 0.333. The molecular weight excluding hydrogens is 333 g/mol. The van der Waals surface area contributed by atoms with Crippen LogP contribution in [-0.2, 0) is 13.1 Å². The molecule has 0 bridgehead atoms. The minimum absolute atomic E-state index is 0.542. The molecule has 0 atom stereocenters. The number of rotatable bonds is 8. The highest BCUT2D eigenvalue weighted by Gasteiger charge is 2.11. The largest absolute Gasteiger partial charge is 0.496 e. The van der Waals surface area contributed by atoms with Gasteiger partial charge in [0.25, 0.3) is 0 Å². The number of ether oxygens (including phenoxy) is 2. The van der Waals surface area contributed by atoms with Gasteiger partial charge in [0.15, 0.2) is 0 Å². The molecule has 0 saturated carbocycles. The van der Waals surface area contributed by atoms with Crippen LogP contribution in [-0.4, -0.2) is 13.7 Å². The molecule has 0 aromatic heterocycles. The third-order valence-electron chi connectivity index (χ3n) is 3.36. The number of benzene rings is 2. The van der Waals surface area contributed by atoms with Crippen LogP contribution >= 0.6 is 23.2 Å². The molecule has 1 N–H and O–H groups in total. The van der Waals surface area contributed by atoms with Gasteiger partial charge in [-0.25, -0.2) is 0 Å². The van der Waals surface area contributed by atoms with Crippen molar-refractivity contribution in [2.24, 2.45) is 0 Å². The minimum atomic E-state index is 0.542. The van der Waals surface area contributed by atoms with E-state index < -0.39 is 0 Å². The van der Waals surface area contributed by atoms with E-state index in [0.29, 0.717) is 35.5 Å². The molecule has 5 heteroatoms. The Morgan fingerprint density at radius 2 is 1.78 bits per heavy atom. The van der Waals surface area contributed by atoms with Crippen LogP contribution < -0.4 is 14.8 Å². The third-order valence-corrected chi connectivity index (χ3v) is 3.86. The Morgan fingerprint density at radius 3 is 2.52 bits per heavy atom. The average Bonchev–Trinajstić information content (AvgIpc) is 2.54. The Labute approximate surface area is 147 Å². The predicted octanol–water partition coefficient (Wildman–Crippen LogP) is 5.08. The van der Waals surface area contributed by atoms with Crippen LogP contribution in [0.3, 0.4) is 0 Å². The molecule has 2 aromatic rings. The van der Waals surface area contributed by atoms with E-state index >= 15 is 0 Å². The van der Waals surface area contributed by atoms with Gasteiger partial charge in [-0.05, 0) is 24.6 Å². The summed E-state index contributed by atoms with van der Waals surface area (Å²) in [5.74, 6) is 1.57. The maximum atomic E-state index is 6.26. The van der Waals surface area contributed by atoms with Crippen LogP contribution in [0.4, 0.5) is 0 Å². The summed E-state index contributed by atoms with van der Waals surface area (Å²) in [4.78, 5) is 0. The molecular formula is C18H21Cl2NO2. The molecule has 0 aliphatic carbocycles. The molecule has 0 aliphatic heterocycles. The van der Waals surface area contributed by atoms with Gasteiger partial charge in [0.1, 0.15) is 11.5 Å². The lowest BCUT2D eigenvalue weighted by atomic mass is 10.1. The Hall–Kier alpha value is -1.42. The Kier molecular flexibility index (Phi) is 7.03. The highest BCUT2D eigenvalue weighted by atomic mass is 35.5. The molecule has 0 aliphatic rings. The second-order valence-electron chi connectivity index (χ2n) is 5.14. The van der Waals surface area contributed by atoms with Crippen LogP contribution in [0.5, 0.6) is 11.5 Å². The maximum Gasteiger partial charge on any atom is 0.142 e. The summed E-state index contributed by atoms with van der Waals surface area (Å²) in [6.45, 7) is 3.98. The number of para-hydroxylation sites is 1. The van der Waals surface area contributed by atoms with Gasteiger partial charge >= 0.3 is 0 Å². The van der Waals surface area contributed by atoms with Crippen molar-refractivity contribution in [3.8, 4) is 11.5 Å². The first-order chi connectivity index (χ1) is 11.2. The molecule has 0 heterocycles. The third kappa shape index (κ3) is 5.03. The summed E-state index contributed by atoms with van der Waals surface area (Å²) in [5, 5.41) is 4.53. The number of hydrogen-bond acceptors (Lipinski definition) is 3. The number of halogens is 2. The van der Waals surface area contributed by atoms with Crippen molar-refractivity contribution in [1.82, 2.24) is 5.32 Å². The zero-order valence-electron chi connectivity index (χ0n) is 13.4. The number of hydrogen-bond donors (Lipinski definition) is 1. The van der Waals surface area contributed by atoms with Crippen molar-refractivity contribution in [3.63, 3.8) is 0 Å². The second kappa shape index (κ2) is 9.02. The smallest absolute Gasteiger partial charge is 0.142 e. The fourth-order valence-corrected chi connectivity index (χ4v) is 2.88. The topological polar surface area (TPSA) is 30.5 Å². The van der Waals surface area contributed by atoms with Crippen molar-refractivity contribution >= 4 is 23.2 Å². The summed E-state index contributed by atoms with van der Waals surface area (Å²) in [7, 11) is 1.67. The zero-order chi connectivity index (χ0) is 16.7. The van der Waals surface area contributed by atoms with Crippen LogP contribution in [0.1, 0.15) is 24.5 Å². The van der Waals surface area contributed by atoms with E-state index in [0.717, 1.165) is 23.3 Å². The fourth-order valence-electron chi connectivity index (χ4n) is 2.29. The van der Waals surface area contributed by atoms with Crippen molar-refractivity contribution in [2.75, 3.05) is 13.7 Å². The van der Waals surface area contributed by atoms with Crippen molar-refractivity contribution in [2.45, 2.75) is 26.4 Å². The second-order valence-corrected chi connectivity index (χ2v) is 5.98. The highest BCUT2D eigenvalue weighted by Crippen LogP contribution is 2.32. The van der Waals surface area contributed by atoms with Crippen LogP contribution in [0.2, 0.25) is 10.0 Å².